The second-order valence-corrected chi connectivity index (χ2v) is 8.58. The summed E-state index contributed by atoms with van der Waals surface area (Å²) in [7, 11) is -3.32. The molecule has 0 aromatic heterocycles. The summed E-state index contributed by atoms with van der Waals surface area (Å²) in [5.41, 5.74) is -0.141. The van der Waals surface area contributed by atoms with Crippen LogP contribution in [0, 0.1) is 0 Å². The van der Waals surface area contributed by atoms with E-state index in [9.17, 15) is 8.42 Å². The number of sulfone groups is 1. The number of benzene rings is 1. The lowest BCUT2D eigenvalue weighted by atomic mass is 10.1. The maximum Gasteiger partial charge on any atom is 0.191 e. The van der Waals surface area contributed by atoms with Crippen molar-refractivity contribution < 1.29 is 8.42 Å². The number of nitrogens with one attached hydrogen (secondary N) is 2. The molecular formula is C17H29N3O2S. The molecule has 0 radical (unpaired) electrons. The Hall–Kier alpha value is -1.56. The predicted molar refractivity (Wildman–Crippen MR) is 96.6 cm³/mol. The Morgan fingerprint density at radius 2 is 1.78 bits per heavy atom. The number of aliphatic imine (C=N–C) groups is 1. The molecule has 2 N–H and O–H groups in total. The van der Waals surface area contributed by atoms with Gasteiger partial charge in [-0.25, -0.2) is 8.42 Å². The summed E-state index contributed by atoms with van der Waals surface area (Å²) in [4.78, 5) is 4.76. The third-order valence-corrected chi connectivity index (χ3v) is 5.00. The molecule has 1 rings (SSSR count). The van der Waals surface area contributed by atoms with Crippen molar-refractivity contribution in [2.75, 3.05) is 12.3 Å². The number of guanidine groups is 1. The standard InChI is InChI=1S/C17H29N3O2S/c1-6-14(19-16(18-7-2)20-17(3,4)5)13-23(21,22)15-11-9-8-10-12-15/h8-12,14H,6-7,13H2,1-5H3,(H2,18,19,20). The van der Waals surface area contributed by atoms with E-state index in [4.69, 9.17) is 0 Å². The fourth-order valence-corrected chi connectivity index (χ4v) is 3.69. The van der Waals surface area contributed by atoms with Gasteiger partial charge in [0, 0.05) is 18.1 Å². The molecule has 130 valence electrons. The van der Waals surface area contributed by atoms with Crippen LogP contribution in [-0.4, -0.2) is 38.3 Å². The van der Waals surface area contributed by atoms with Gasteiger partial charge in [0.2, 0.25) is 0 Å². The quantitative estimate of drug-likeness (QED) is 0.617. The van der Waals surface area contributed by atoms with Crippen LogP contribution in [0.4, 0.5) is 0 Å². The van der Waals surface area contributed by atoms with Crippen molar-refractivity contribution in [2.45, 2.75) is 57.5 Å². The van der Waals surface area contributed by atoms with E-state index in [0.29, 0.717) is 23.8 Å². The minimum Gasteiger partial charge on any atom is -0.353 e. The SMILES string of the molecule is CCN=C(NC(CC)CS(=O)(=O)c1ccccc1)NC(C)(C)C. The van der Waals surface area contributed by atoms with Crippen LogP contribution < -0.4 is 10.6 Å². The van der Waals surface area contributed by atoms with Crippen LogP contribution >= 0.6 is 0 Å². The summed E-state index contributed by atoms with van der Waals surface area (Å²) >= 11 is 0. The van der Waals surface area contributed by atoms with Gasteiger partial charge in [0.15, 0.2) is 15.8 Å². The van der Waals surface area contributed by atoms with Crippen LogP contribution in [0.25, 0.3) is 0 Å². The molecular weight excluding hydrogens is 310 g/mol. The highest BCUT2D eigenvalue weighted by molar-refractivity contribution is 7.91. The van der Waals surface area contributed by atoms with Gasteiger partial charge in [-0.15, -0.1) is 0 Å². The van der Waals surface area contributed by atoms with Gasteiger partial charge in [-0.05, 0) is 46.2 Å². The minimum atomic E-state index is -3.32. The van der Waals surface area contributed by atoms with E-state index in [2.05, 4.69) is 15.6 Å². The number of rotatable bonds is 6. The first kappa shape index (κ1) is 19.5. The number of hydrogen-bond acceptors (Lipinski definition) is 3. The molecule has 1 aromatic rings. The van der Waals surface area contributed by atoms with Gasteiger partial charge < -0.3 is 10.6 Å². The van der Waals surface area contributed by atoms with Crippen molar-refractivity contribution >= 4 is 15.8 Å². The van der Waals surface area contributed by atoms with Crippen LogP contribution in [-0.2, 0) is 9.84 Å². The highest BCUT2D eigenvalue weighted by atomic mass is 32.2. The second-order valence-electron chi connectivity index (χ2n) is 6.54. The fraction of sp³-hybridized carbons (Fsp3) is 0.588. The van der Waals surface area contributed by atoms with E-state index in [1.807, 2.05) is 40.7 Å². The van der Waals surface area contributed by atoms with Crippen LogP contribution in [0.1, 0.15) is 41.0 Å². The van der Waals surface area contributed by atoms with Gasteiger partial charge in [0.1, 0.15) is 0 Å². The highest BCUT2D eigenvalue weighted by Gasteiger charge is 2.22. The van der Waals surface area contributed by atoms with Crippen molar-refractivity contribution in [3.63, 3.8) is 0 Å². The molecule has 0 saturated carbocycles. The van der Waals surface area contributed by atoms with Crippen LogP contribution in [0.15, 0.2) is 40.2 Å². The van der Waals surface area contributed by atoms with Gasteiger partial charge >= 0.3 is 0 Å². The Balaban J connectivity index is 2.86. The molecule has 0 aliphatic carbocycles. The van der Waals surface area contributed by atoms with Crippen molar-refractivity contribution in [3.05, 3.63) is 30.3 Å². The average Bonchev–Trinajstić information content (AvgIpc) is 2.46. The molecule has 0 spiro atoms. The summed E-state index contributed by atoms with van der Waals surface area (Å²) < 4.78 is 25.1. The molecule has 0 bridgehead atoms. The van der Waals surface area contributed by atoms with E-state index in [-0.39, 0.29) is 17.3 Å². The van der Waals surface area contributed by atoms with Crippen LogP contribution in [0.5, 0.6) is 0 Å². The van der Waals surface area contributed by atoms with Crippen molar-refractivity contribution in [1.29, 1.82) is 0 Å². The van der Waals surface area contributed by atoms with E-state index in [0.717, 1.165) is 0 Å². The summed E-state index contributed by atoms with van der Waals surface area (Å²) in [6.07, 6.45) is 0.695. The zero-order valence-corrected chi connectivity index (χ0v) is 15.6. The van der Waals surface area contributed by atoms with Gasteiger partial charge in [-0.2, -0.15) is 0 Å². The molecule has 6 heteroatoms. The largest absolute Gasteiger partial charge is 0.353 e. The van der Waals surface area contributed by atoms with Gasteiger partial charge in [-0.1, -0.05) is 25.1 Å². The lowest BCUT2D eigenvalue weighted by molar-refractivity contribution is 0.491. The zero-order chi connectivity index (χ0) is 17.5. The monoisotopic (exact) mass is 339 g/mol. The maximum absolute atomic E-state index is 12.5. The molecule has 0 aliphatic rings. The molecule has 0 fully saturated rings. The fourth-order valence-electron chi connectivity index (χ4n) is 2.08. The molecule has 0 saturated heterocycles. The summed E-state index contributed by atoms with van der Waals surface area (Å²) in [5.74, 6) is 0.692. The Morgan fingerprint density at radius 1 is 1.17 bits per heavy atom. The van der Waals surface area contributed by atoms with Crippen LogP contribution in [0.2, 0.25) is 0 Å². The summed E-state index contributed by atoms with van der Waals surface area (Å²) in [6.45, 7) is 10.7. The number of nitrogens with zero attached hydrogens (tertiary/aromatic N) is 1. The molecule has 1 aromatic carbocycles. The molecule has 0 heterocycles. The Bertz CT molecular complexity index is 604. The second kappa shape index (κ2) is 8.34. The first-order valence-corrected chi connectivity index (χ1v) is 9.70. The van der Waals surface area contributed by atoms with E-state index < -0.39 is 9.84 Å². The Labute approximate surface area is 140 Å². The number of hydrogen-bond donors (Lipinski definition) is 2. The highest BCUT2D eigenvalue weighted by Crippen LogP contribution is 2.12. The van der Waals surface area contributed by atoms with Gasteiger partial charge in [0.05, 0.1) is 10.6 Å². The normalized spacial score (nSPS) is 14.4. The van der Waals surface area contributed by atoms with Crippen molar-refractivity contribution in [3.8, 4) is 0 Å². The Kier molecular flexibility index (Phi) is 7.06. The molecule has 1 unspecified atom stereocenters. The lowest BCUT2D eigenvalue weighted by Crippen LogP contribution is -2.52. The smallest absolute Gasteiger partial charge is 0.191 e. The molecule has 1 atom stereocenters. The van der Waals surface area contributed by atoms with E-state index in [1.165, 1.54) is 0 Å². The first-order chi connectivity index (χ1) is 10.7. The van der Waals surface area contributed by atoms with Gasteiger partial charge in [0.25, 0.3) is 0 Å². The van der Waals surface area contributed by atoms with Crippen LogP contribution in [0.3, 0.4) is 0 Å². The summed E-state index contributed by atoms with van der Waals surface area (Å²) in [6, 6.07) is 8.37. The van der Waals surface area contributed by atoms with E-state index in [1.54, 1.807) is 24.3 Å². The first-order valence-electron chi connectivity index (χ1n) is 8.05. The Morgan fingerprint density at radius 3 is 2.26 bits per heavy atom. The zero-order valence-electron chi connectivity index (χ0n) is 14.8. The molecule has 23 heavy (non-hydrogen) atoms. The van der Waals surface area contributed by atoms with Gasteiger partial charge in [-0.3, -0.25) is 4.99 Å². The minimum absolute atomic E-state index is 0.0437. The lowest BCUT2D eigenvalue weighted by Gasteiger charge is -2.27. The van der Waals surface area contributed by atoms with Crippen molar-refractivity contribution in [2.24, 2.45) is 4.99 Å². The maximum atomic E-state index is 12.5. The third-order valence-electron chi connectivity index (χ3n) is 3.17. The molecule has 0 aliphatic heterocycles. The topological polar surface area (TPSA) is 70.6 Å². The van der Waals surface area contributed by atoms with Crippen molar-refractivity contribution in [1.82, 2.24) is 10.6 Å². The molecule has 5 nitrogen and oxygen atoms in total. The predicted octanol–water partition coefficient (Wildman–Crippen LogP) is 2.59. The average molecular weight is 340 g/mol. The van der Waals surface area contributed by atoms with E-state index >= 15 is 0 Å². The molecule has 0 amide bonds. The third kappa shape index (κ3) is 7.03. The summed E-state index contributed by atoms with van der Waals surface area (Å²) in [5, 5.41) is 6.54.